The van der Waals surface area contributed by atoms with Crippen LogP contribution in [0.1, 0.15) is 29.6 Å². The van der Waals surface area contributed by atoms with Gasteiger partial charge in [-0.1, -0.05) is 47.8 Å². The Kier molecular flexibility index (Phi) is 5.21. The Morgan fingerprint density at radius 1 is 0.913 bits per heavy atom. The van der Waals surface area contributed by atoms with Crippen LogP contribution in [0.2, 0.25) is 10.0 Å². The van der Waals surface area contributed by atoms with Crippen LogP contribution in [0.15, 0.2) is 42.5 Å². The quantitative estimate of drug-likeness (QED) is 0.760. The van der Waals surface area contributed by atoms with Crippen LogP contribution < -0.4 is 0 Å². The van der Waals surface area contributed by atoms with E-state index in [-0.39, 0.29) is 5.97 Å². The minimum absolute atomic E-state index is 0.325. The van der Waals surface area contributed by atoms with Crippen LogP contribution in [0.5, 0.6) is 0 Å². The summed E-state index contributed by atoms with van der Waals surface area (Å²) in [4.78, 5) is 17.8. The minimum atomic E-state index is -0.325. The Bertz CT molecular complexity index is 712. The molecule has 1 heterocycles. The number of halogens is 2. The van der Waals surface area contributed by atoms with Gasteiger partial charge in [-0.3, -0.25) is 0 Å². The van der Waals surface area contributed by atoms with Crippen molar-refractivity contribution in [2.45, 2.75) is 19.3 Å². The topological polar surface area (TPSA) is 29.5 Å². The molecule has 3 nitrogen and oxygen atoms in total. The predicted octanol–water partition coefficient (Wildman–Crippen LogP) is 5.22. The highest BCUT2D eigenvalue weighted by atomic mass is 35.5. The van der Waals surface area contributed by atoms with Crippen molar-refractivity contribution in [3.63, 3.8) is 0 Å². The van der Waals surface area contributed by atoms with Gasteiger partial charge in [0, 0.05) is 13.1 Å². The first kappa shape index (κ1) is 16.3. The molecule has 1 aliphatic heterocycles. The molecule has 2 aromatic rings. The minimum Gasteiger partial charge on any atom is -0.364 e. The lowest BCUT2D eigenvalue weighted by atomic mass is 10.0. The molecule has 0 aromatic heterocycles. The summed E-state index contributed by atoms with van der Waals surface area (Å²) in [6.07, 6.45) is 3.33. The van der Waals surface area contributed by atoms with Crippen LogP contribution in [0.25, 0.3) is 11.1 Å². The van der Waals surface area contributed by atoms with Gasteiger partial charge >= 0.3 is 5.97 Å². The highest BCUT2D eigenvalue weighted by molar-refractivity contribution is 6.42. The average molecular weight is 350 g/mol. The Balaban J connectivity index is 1.78. The molecular formula is C18H17Cl2NO2. The van der Waals surface area contributed by atoms with Crippen LogP contribution in [0, 0.1) is 0 Å². The van der Waals surface area contributed by atoms with E-state index in [1.807, 2.05) is 24.3 Å². The summed E-state index contributed by atoms with van der Waals surface area (Å²) in [7, 11) is 0. The van der Waals surface area contributed by atoms with Crippen molar-refractivity contribution in [3.8, 4) is 11.1 Å². The van der Waals surface area contributed by atoms with Crippen molar-refractivity contribution in [3.05, 3.63) is 58.1 Å². The maximum atomic E-state index is 12.3. The van der Waals surface area contributed by atoms with E-state index < -0.39 is 0 Å². The molecule has 1 fully saturated rings. The Morgan fingerprint density at radius 2 is 1.65 bits per heavy atom. The predicted molar refractivity (Wildman–Crippen MR) is 92.7 cm³/mol. The Labute approximate surface area is 145 Å². The monoisotopic (exact) mass is 349 g/mol. The molecule has 1 aliphatic rings. The van der Waals surface area contributed by atoms with Gasteiger partial charge in [0.1, 0.15) is 0 Å². The molecule has 0 aliphatic carbocycles. The number of hydroxylamine groups is 2. The summed E-state index contributed by atoms with van der Waals surface area (Å²) in [6, 6.07) is 12.8. The summed E-state index contributed by atoms with van der Waals surface area (Å²) in [6.45, 7) is 1.61. The number of carbonyl (C=O) groups excluding carboxylic acids is 1. The van der Waals surface area contributed by atoms with Gasteiger partial charge in [-0.15, -0.1) is 5.06 Å². The molecule has 1 saturated heterocycles. The fourth-order valence-corrected chi connectivity index (χ4v) is 2.93. The molecular weight excluding hydrogens is 333 g/mol. The van der Waals surface area contributed by atoms with Crippen molar-refractivity contribution < 1.29 is 9.63 Å². The number of rotatable bonds is 3. The lowest BCUT2D eigenvalue weighted by molar-refractivity contribution is -0.119. The van der Waals surface area contributed by atoms with Crippen LogP contribution >= 0.6 is 23.2 Å². The number of nitrogens with zero attached hydrogens (tertiary/aromatic N) is 1. The summed E-state index contributed by atoms with van der Waals surface area (Å²) >= 11 is 12.0. The summed E-state index contributed by atoms with van der Waals surface area (Å²) in [5.74, 6) is -0.325. The van der Waals surface area contributed by atoms with Gasteiger partial charge in [0.15, 0.2) is 0 Å². The normalized spacial score (nSPS) is 15.4. The molecule has 0 N–H and O–H groups in total. The number of carbonyl (C=O) groups is 1. The van der Waals surface area contributed by atoms with Crippen molar-refractivity contribution in [2.75, 3.05) is 13.1 Å². The van der Waals surface area contributed by atoms with Crippen LogP contribution in [-0.2, 0) is 4.84 Å². The van der Waals surface area contributed by atoms with E-state index in [0.717, 1.165) is 37.1 Å². The van der Waals surface area contributed by atoms with E-state index in [9.17, 15) is 4.79 Å². The van der Waals surface area contributed by atoms with E-state index in [1.54, 1.807) is 23.3 Å². The zero-order valence-electron chi connectivity index (χ0n) is 12.6. The second-order valence-electron chi connectivity index (χ2n) is 5.58. The molecule has 0 radical (unpaired) electrons. The first-order valence-electron chi connectivity index (χ1n) is 7.66. The van der Waals surface area contributed by atoms with Gasteiger partial charge in [0.05, 0.1) is 15.6 Å². The first-order valence-corrected chi connectivity index (χ1v) is 8.42. The second kappa shape index (κ2) is 7.35. The number of benzene rings is 2. The van der Waals surface area contributed by atoms with E-state index in [4.69, 9.17) is 28.0 Å². The second-order valence-corrected chi connectivity index (χ2v) is 6.39. The van der Waals surface area contributed by atoms with Crippen molar-refractivity contribution in [1.82, 2.24) is 5.06 Å². The van der Waals surface area contributed by atoms with E-state index in [1.165, 1.54) is 6.42 Å². The van der Waals surface area contributed by atoms with Crippen LogP contribution in [0.4, 0.5) is 0 Å². The maximum Gasteiger partial charge on any atom is 0.357 e. The molecule has 120 valence electrons. The lowest BCUT2D eigenvalue weighted by Crippen LogP contribution is -2.32. The van der Waals surface area contributed by atoms with Gasteiger partial charge in [0.25, 0.3) is 0 Å². The van der Waals surface area contributed by atoms with Gasteiger partial charge < -0.3 is 4.84 Å². The maximum absolute atomic E-state index is 12.3. The van der Waals surface area contributed by atoms with Crippen molar-refractivity contribution in [2.24, 2.45) is 0 Å². The molecule has 0 spiro atoms. The lowest BCUT2D eigenvalue weighted by Gasteiger charge is -2.24. The zero-order valence-corrected chi connectivity index (χ0v) is 14.1. The molecule has 2 aromatic carbocycles. The molecule has 0 amide bonds. The highest BCUT2D eigenvalue weighted by Crippen LogP contribution is 2.29. The third kappa shape index (κ3) is 4.05. The summed E-state index contributed by atoms with van der Waals surface area (Å²) in [5.41, 5.74) is 2.34. The smallest absolute Gasteiger partial charge is 0.357 e. The van der Waals surface area contributed by atoms with Gasteiger partial charge in [-0.2, -0.15) is 0 Å². The molecule has 0 saturated carbocycles. The fraction of sp³-hybridized carbons (Fsp3) is 0.278. The molecule has 0 atom stereocenters. The van der Waals surface area contributed by atoms with Gasteiger partial charge in [-0.25, -0.2) is 4.79 Å². The molecule has 0 unspecified atom stereocenters. The van der Waals surface area contributed by atoms with E-state index in [2.05, 4.69) is 0 Å². The molecule has 23 heavy (non-hydrogen) atoms. The third-order valence-corrected chi connectivity index (χ3v) is 4.62. The van der Waals surface area contributed by atoms with E-state index >= 15 is 0 Å². The Hall–Kier alpha value is -1.55. The van der Waals surface area contributed by atoms with Gasteiger partial charge in [-0.05, 0) is 48.2 Å². The molecule has 3 rings (SSSR count). The first-order chi connectivity index (χ1) is 11.1. The summed E-state index contributed by atoms with van der Waals surface area (Å²) < 4.78 is 0. The SMILES string of the molecule is O=C(ON1CCCCC1)c1cccc(-c2ccc(Cl)c(Cl)c2)c1. The number of piperidine rings is 1. The molecule has 0 bridgehead atoms. The van der Waals surface area contributed by atoms with Crippen LogP contribution in [0.3, 0.4) is 0 Å². The standard InChI is InChI=1S/C18H17Cl2NO2/c19-16-8-7-14(12-17(16)20)13-5-4-6-15(11-13)18(22)23-21-9-2-1-3-10-21/h4-8,11-12H,1-3,9-10H2. The highest BCUT2D eigenvalue weighted by Gasteiger charge is 2.17. The van der Waals surface area contributed by atoms with Crippen molar-refractivity contribution in [1.29, 1.82) is 0 Å². The Morgan fingerprint density at radius 3 is 2.39 bits per heavy atom. The van der Waals surface area contributed by atoms with Crippen molar-refractivity contribution >= 4 is 29.2 Å². The number of hydrogen-bond acceptors (Lipinski definition) is 3. The summed E-state index contributed by atoms with van der Waals surface area (Å²) in [5, 5.41) is 2.75. The third-order valence-electron chi connectivity index (χ3n) is 3.88. The molecule has 5 heteroatoms. The largest absolute Gasteiger partial charge is 0.364 e. The average Bonchev–Trinajstić information content (AvgIpc) is 2.58. The van der Waals surface area contributed by atoms with Gasteiger partial charge in [0.2, 0.25) is 0 Å². The number of hydrogen-bond donors (Lipinski definition) is 0. The van der Waals surface area contributed by atoms with E-state index in [0.29, 0.717) is 15.6 Å². The fourth-order valence-electron chi connectivity index (χ4n) is 2.63. The zero-order chi connectivity index (χ0) is 16.2. The van der Waals surface area contributed by atoms with Crippen LogP contribution in [-0.4, -0.2) is 24.1 Å².